The molecule has 0 bridgehead atoms. The van der Waals surface area contributed by atoms with Crippen LogP contribution >= 0.6 is 0 Å². The second kappa shape index (κ2) is 6.18. The van der Waals surface area contributed by atoms with Crippen LogP contribution in [-0.2, 0) is 0 Å². The summed E-state index contributed by atoms with van der Waals surface area (Å²) in [6.07, 6.45) is 7.31. The Balaban J connectivity index is 1.97. The smallest absolute Gasteiger partial charge is 0.255 e. The van der Waals surface area contributed by atoms with Crippen molar-refractivity contribution < 1.29 is 4.79 Å². The van der Waals surface area contributed by atoms with Crippen molar-refractivity contribution in [1.29, 1.82) is 0 Å². The van der Waals surface area contributed by atoms with E-state index in [1.165, 1.54) is 6.07 Å². The Labute approximate surface area is 129 Å². The van der Waals surface area contributed by atoms with Gasteiger partial charge in [0.2, 0.25) is 5.56 Å². The van der Waals surface area contributed by atoms with Gasteiger partial charge in [-0.2, -0.15) is 0 Å². The Morgan fingerprint density at radius 2 is 2.18 bits per heavy atom. The lowest BCUT2D eigenvalue weighted by atomic mass is 10.1. The molecule has 0 fully saturated rings. The minimum absolute atomic E-state index is 0.0617. The van der Waals surface area contributed by atoms with Crippen LogP contribution in [0.25, 0.3) is 10.9 Å². The third-order valence-electron chi connectivity index (χ3n) is 4.16. The molecule has 1 aliphatic rings. The molecule has 0 aliphatic carbocycles. The zero-order valence-corrected chi connectivity index (χ0v) is 12.7. The van der Waals surface area contributed by atoms with E-state index in [9.17, 15) is 9.59 Å². The van der Waals surface area contributed by atoms with Gasteiger partial charge < -0.3 is 9.88 Å². The minimum atomic E-state index is -0.237. The predicted octanol–water partition coefficient (Wildman–Crippen LogP) is 3.10. The highest BCUT2D eigenvalue weighted by Gasteiger charge is 2.26. The van der Waals surface area contributed by atoms with Gasteiger partial charge in [-0.3, -0.25) is 9.59 Å². The van der Waals surface area contributed by atoms with Crippen LogP contribution in [-0.4, -0.2) is 28.4 Å². The molecule has 1 aromatic carbocycles. The van der Waals surface area contributed by atoms with Gasteiger partial charge in [0.05, 0.1) is 11.6 Å². The fourth-order valence-corrected chi connectivity index (χ4v) is 3.01. The Kier molecular flexibility index (Phi) is 4.09. The lowest BCUT2D eigenvalue weighted by Gasteiger charge is -2.25. The van der Waals surface area contributed by atoms with Gasteiger partial charge in [0.15, 0.2) is 0 Å². The Hall–Kier alpha value is -2.36. The number of amides is 1. The predicted molar refractivity (Wildman–Crippen MR) is 88.1 cm³/mol. The summed E-state index contributed by atoms with van der Waals surface area (Å²) in [7, 11) is 0. The maximum atomic E-state index is 12.9. The van der Waals surface area contributed by atoms with Crippen molar-refractivity contribution in [2.24, 2.45) is 0 Å². The molecule has 22 heavy (non-hydrogen) atoms. The number of rotatable bonds is 4. The summed E-state index contributed by atoms with van der Waals surface area (Å²) in [4.78, 5) is 29.4. The van der Waals surface area contributed by atoms with E-state index in [2.05, 4.69) is 18.0 Å². The highest BCUT2D eigenvalue weighted by Crippen LogP contribution is 2.22. The van der Waals surface area contributed by atoms with Gasteiger partial charge >= 0.3 is 0 Å². The quantitative estimate of drug-likeness (QED) is 0.881. The maximum absolute atomic E-state index is 12.9. The standard InChI is InChI=1S/C18H20N2O2/c1-2-3-7-13-8-6-11-20(13)18(22)15-12-17(21)19-16-10-5-4-9-14(15)16/h4-6,8-10,12-13H,2-3,7,11H2,1H3,(H,19,21)/t13-/m0/s1. The third kappa shape index (κ3) is 2.69. The lowest BCUT2D eigenvalue weighted by molar-refractivity contribution is 0.0745. The average Bonchev–Trinajstić information content (AvgIpc) is 2.99. The molecule has 1 aromatic heterocycles. The van der Waals surface area contributed by atoms with Crippen LogP contribution in [0, 0.1) is 0 Å². The molecule has 4 heteroatoms. The molecule has 1 aliphatic heterocycles. The first kappa shape index (κ1) is 14.6. The molecule has 1 N–H and O–H groups in total. The molecule has 0 saturated carbocycles. The number of hydrogen-bond donors (Lipinski definition) is 1. The summed E-state index contributed by atoms with van der Waals surface area (Å²) in [5, 5.41) is 0.799. The molecule has 1 amide bonds. The summed E-state index contributed by atoms with van der Waals surface area (Å²) < 4.78 is 0. The fourth-order valence-electron chi connectivity index (χ4n) is 3.01. The minimum Gasteiger partial charge on any atom is -0.328 e. The summed E-state index contributed by atoms with van der Waals surface area (Å²) in [5.41, 5.74) is 0.958. The van der Waals surface area contributed by atoms with E-state index in [1.807, 2.05) is 35.2 Å². The number of carbonyl (C=O) groups excluding carboxylic acids is 1. The number of fused-ring (bicyclic) bond motifs is 1. The maximum Gasteiger partial charge on any atom is 0.255 e. The number of benzene rings is 1. The first-order valence-electron chi connectivity index (χ1n) is 7.80. The van der Waals surface area contributed by atoms with Gasteiger partial charge in [0, 0.05) is 23.5 Å². The molecule has 0 radical (unpaired) electrons. The molecule has 2 aromatic rings. The van der Waals surface area contributed by atoms with Crippen LogP contribution in [0.3, 0.4) is 0 Å². The Morgan fingerprint density at radius 1 is 1.36 bits per heavy atom. The van der Waals surface area contributed by atoms with Crippen LogP contribution in [0.4, 0.5) is 0 Å². The largest absolute Gasteiger partial charge is 0.328 e. The Morgan fingerprint density at radius 3 is 3.00 bits per heavy atom. The normalized spacial score (nSPS) is 17.3. The lowest BCUT2D eigenvalue weighted by Crippen LogP contribution is -2.36. The average molecular weight is 296 g/mol. The number of pyridine rings is 1. The third-order valence-corrected chi connectivity index (χ3v) is 4.16. The summed E-state index contributed by atoms with van der Waals surface area (Å²) >= 11 is 0. The van der Waals surface area contributed by atoms with Crippen molar-refractivity contribution in [3.63, 3.8) is 0 Å². The van der Waals surface area contributed by atoms with Crippen molar-refractivity contribution in [3.8, 4) is 0 Å². The molecule has 0 spiro atoms. The van der Waals surface area contributed by atoms with E-state index in [-0.39, 0.29) is 17.5 Å². The molecule has 1 atom stereocenters. The second-order valence-corrected chi connectivity index (χ2v) is 5.69. The highest BCUT2D eigenvalue weighted by atomic mass is 16.2. The number of para-hydroxylation sites is 1. The van der Waals surface area contributed by atoms with Crippen LogP contribution in [0.2, 0.25) is 0 Å². The van der Waals surface area contributed by atoms with E-state index >= 15 is 0 Å². The van der Waals surface area contributed by atoms with Crippen molar-refractivity contribution in [1.82, 2.24) is 9.88 Å². The van der Waals surface area contributed by atoms with E-state index in [0.717, 1.165) is 24.6 Å². The van der Waals surface area contributed by atoms with Crippen LogP contribution in [0.1, 0.15) is 36.5 Å². The molecule has 0 saturated heterocycles. The number of nitrogens with zero attached hydrogens (tertiary/aromatic N) is 1. The number of aromatic amines is 1. The van der Waals surface area contributed by atoms with E-state index in [0.29, 0.717) is 17.6 Å². The zero-order chi connectivity index (χ0) is 15.5. The molecule has 2 heterocycles. The van der Waals surface area contributed by atoms with Gasteiger partial charge in [0.25, 0.3) is 5.91 Å². The van der Waals surface area contributed by atoms with Gasteiger partial charge in [-0.15, -0.1) is 0 Å². The number of hydrogen-bond acceptors (Lipinski definition) is 2. The molecule has 3 rings (SSSR count). The number of H-pyrrole nitrogens is 1. The molecule has 4 nitrogen and oxygen atoms in total. The van der Waals surface area contributed by atoms with Gasteiger partial charge in [-0.25, -0.2) is 0 Å². The van der Waals surface area contributed by atoms with Gasteiger partial charge in [-0.1, -0.05) is 50.1 Å². The van der Waals surface area contributed by atoms with Crippen LogP contribution in [0.15, 0.2) is 47.3 Å². The molecule has 0 unspecified atom stereocenters. The first-order valence-corrected chi connectivity index (χ1v) is 7.80. The van der Waals surface area contributed by atoms with E-state index in [1.54, 1.807) is 0 Å². The van der Waals surface area contributed by atoms with Crippen molar-refractivity contribution in [3.05, 3.63) is 58.4 Å². The number of unbranched alkanes of at least 4 members (excludes halogenated alkanes) is 1. The van der Waals surface area contributed by atoms with Crippen LogP contribution in [0.5, 0.6) is 0 Å². The number of aromatic nitrogens is 1. The van der Waals surface area contributed by atoms with Crippen molar-refractivity contribution >= 4 is 16.8 Å². The zero-order valence-electron chi connectivity index (χ0n) is 12.7. The number of nitrogens with one attached hydrogen (secondary N) is 1. The molecular formula is C18H20N2O2. The second-order valence-electron chi connectivity index (χ2n) is 5.69. The summed E-state index contributed by atoms with van der Waals surface area (Å²) in [6, 6.07) is 9.00. The summed E-state index contributed by atoms with van der Waals surface area (Å²) in [6.45, 7) is 2.77. The first-order chi connectivity index (χ1) is 10.7. The summed E-state index contributed by atoms with van der Waals surface area (Å²) in [5.74, 6) is -0.0617. The van der Waals surface area contributed by atoms with Crippen molar-refractivity contribution in [2.75, 3.05) is 6.54 Å². The van der Waals surface area contributed by atoms with Crippen molar-refractivity contribution in [2.45, 2.75) is 32.2 Å². The molecule has 114 valence electrons. The van der Waals surface area contributed by atoms with E-state index < -0.39 is 0 Å². The Bertz CT molecular complexity index is 776. The number of carbonyl (C=O) groups is 1. The molecular weight excluding hydrogens is 276 g/mol. The van der Waals surface area contributed by atoms with Crippen LogP contribution < -0.4 is 5.56 Å². The SMILES string of the molecule is CCCC[C@H]1C=CCN1C(=O)c1cc(=O)[nH]c2ccccc12. The highest BCUT2D eigenvalue weighted by molar-refractivity contribution is 6.06. The monoisotopic (exact) mass is 296 g/mol. The fraction of sp³-hybridized carbons (Fsp3) is 0.333. The van der Waals surface area contributed by atoms with Gasteiger partial charge in [-0.05, 0) is 12.5 Å². The van der Waals surface area contributed by atoms with E-state index in [4.69, 9.17) is 0 Å². The topological polar surface area (TPSA) is 53.2 Å². The van der Waals surface area contributed by atoms with Gasteiger partial charge in [0.1, 0.15) is 0 Å².